The van der Waals surface area contributed by atoms with Gasteiger partial charge in [0.1, 0.15) is 7.38 Å². The van der Waals surface area contributed by atoms with Crippen molar-refractivity contribution in [3.05, 3.63) is 60.9 Å². The second-order valence-corrected chi connectivity index (χ2v) is 77.8. The molecule has 1 aromatic carbocycles. The molecule has 0 amide bonds. The fourth-order valence-electron chi connectivity index (χ4n) is 33.8. The summed E-state index contributed by atoms with van der Waals surface area (Å²) >= 11 is 16.5. The minimum absolute atomic E-state index is 0. The van der Waals surface area contributed by atoms with E-state index in [2.05, 4.69) is 120 Å². The molecule has 20 aliphatic rings. The molecule has 20 saturated carbocycles. The molecule has 792 valence electrons. The Morgan fingerprint density at radius 2 is 0.457 bits per heavy atom. The van der Waals surface area contributed by atoms with E-state index in [-0.39, 0.29) is 61.7 Å². The summed E-state index contributed by atoms with van der Waals surface area (Å²) in [6.45, 7) is 29.8. The normalized spacial score (nSPS) is 38.3. The first-order valence-electron chi connectivity index (χ1n) is 51.9. The number of nitrogens with zero attached hydrogens (tertiary/aromatic N) is 2. The summed E-state index contributed by atoms with van der Waals surface area (Å²) in [6, 6.07) is 10.8. The Morgan fingerprint density at radius 1 is 0.293 bits per heavy atom. The number of halogens is 18. The standard InChI is InChI=1S/5C15H20F3O.C9H14Si.C7H18O3Si.C6H18N2Si.C3H9ClSi.C2H6Cl2Si.5Rf/c5*16-15(17,18)12(19)6-9-4-10-5-11(9)14-8-2-1-7(3-8)13(10)14;1-10(2,3)9-7-5-4-6-8-9;1-5-8-11(4,9-6-2)10-7-3;1-7(2)9(5,6)8(3)4;2*1-5(2,3)4;;;;;/h5*7-11,13-14,19H,1-6H2;4-8H,1-3H3;5-7H2,1-4H3;1-6H3;1-3H3;1-2H3;;;;;/q5*-1;;;;;;;;;;. The largest absolute Gasteiger partial charge is 0.554 e. The summed E-state index contributed by atoms with van der Waals surface area (Å²) in [5, 5.41) is 47.7. The van der Waals surface area contributed by atoms with Gasteiger partial charge in [-0.05, 0) is 413 Å². The van der Waals surface area contributed by atoms with Crippen molar-refractivity contribution < 1.29 is 105 Å². The van der Waals surface area contributed by atoms with Crippen LogP contribution >= 0.6 is 33.2 Å². The van der Waals surface area contributed by atoms with Crippen molar-refractivity contribution in [3.63, 3.8) is 0 Å². The van der Waals surface area contributed by atoms with Gasteiger partial charge in [0, 0.05) is 26.4 Å². The van der Waals surface area contributed by atoms with Crippen molar-refractivity contribution in [2.24, 2.45) is 207 Å². The number of alkyl halides is 15. The van der Waals surface area contributed by atoms with Gasteiger partial charge in [-0.25, -0.2) is 65.9 Å². The van der Waals surface area contributed by atoms with E-state index in [0.29, 0.717) is 109 Å². The molecule has 0 saturated heterocycles. The summed E-state index contributed by atoms with van der Waals surface area (Å²) in [6.07, 6.45) is 0.830. The Morgan fingerprint density at radius 3 is 0.586 bits per heavy atom. The zero-order valence-corrected chi connectivity index (χ0v) is 126. The van der Waals surface area contributed by atoms with E-state index in [1.165, 1.54) is 101 Å². The number of benzene rings is 1. The average Bonchev–Trinajstić information content (AvgIpc) is 1.58. The van der Waals surface area contributed by atoms with E-state index in [1.807, 2.05) is 40.4 Å². The van der Waals surface area contributed by atoms with E-state index in [0.717, 1.165) is 153 Å². The van der Waals surface area contributed by atoms with Crippen LogP contribution in [-0.2, 0) is 13.3 Å². The van der Waals surface area contributed by atoms with Crippen LogP contribution < -0.4 is 5.19 Å². The predicted octanol–water partition coefficient (Wildman–Crippen LogP) is 29.7. The monoisotopic (exact) mass is 3410 g/mol. The molecule has 140 heavy (non-hydrogen) atoms. The number of hydrogen-bond acceptors (Lipinski definition) is 10. The SMILES string of the molecule is CCO[Si](C)(OCC)OCC.CN(C)[Si](C)(C)N(C)C.C[Si](C)(C)Cl.C[Si](C)(C)c1ccccc1.C[Si](C)(Cl)Cl.O[C-](CC1CC2CC1C1C3CCC(C3)C21)C(F)(F)F.O[C-](CC1CC2CC1C1C3CCC(C3)C21)C(F)(F)F.O[C-](CC1CC2CC1C1C3CCC(C3)C21)C(F)(F)F.O[C-](CC1CC2CC1C1C3CCC(C3)C21)C(F)(F)F.O[C-](CC1CC2CC1C1C3CCC(C3)C21)C(F)(F)F.[Rf].[Rf].[Rf].[Rf].[Rf]. The molecule has 35 atom stereocenters. The van der Waals surface area contributed by atoms with Crippen LogP contribution in [0.25, 0.3) is 0 Å². The van der Waals surface area contributed by atoms with E-state index in [1.54, 1.807) is 0 Å². The molecule has 20 bridgehead atoms. The molecule has 5 N–H and O–H groups in total. The second-order valence-electron chi connectivity index (χ2n) is 48.9. The summed E-state index contributed by atoms with van der Waals surface area (Å²) < 4.78 is 208. The number of fused-ring (bicyclic) bond motifs is 45. The third kappa shape index (κ3) is 27.8. The molecule has 0 heterocycles. The Balaban J connectivity index is 0.000000216. The zero-order valence-electron chi connectivity index (χ0n) is 87.1. The molecule has 0 radical (unpaired) electrons. The van der Waals surface area contributed by atoms with Crippen LogP contribution in [-0.4, -0.2) is 153 Å². The van der Waals surface area contributed by atoms with Gasteiger partial charge in [0.25, 0.3) is 30.9 Å². The van der Waals surface area contributed by atoms with Crippen molar-refractivity contribution in [1.29, 1.82) is 0 Å². The zero-order chi connectivity index (χ0) is 99.8. The van der Waals surface area contributed by atoms with Gasteiger partial charge in [-0.2, -0.15) is 11.1 Å². The minimum atomic E-state index is -4.52. The van der Waals surface area contributed by atoms with Gasteiger partial charge in [-0.1, -0.05) is 135 Å². The van der Waals surface area contributed by atoms with Crippen LogP contribution in [0.5, 0.6) is 0 Å². The summed E-state index contributed by atoms with van der Waals surface area (Å²) in [5.41, 5.74) is 0. The molecule has 21 rings (SSSR count). The van der Waals surface area contributed by atoms with Gasteiger partial charge in [0.15, 0.2) is 8.40 Å². The molecule has 0 spiro atoms. The van der Waals surface area contributed by atoms with Gasteiger partial charge in [0.2, 0.25) is 6.69 Å². The number of hydrogen-bond donors (Lipinski definition) is 5. The van der Waals surface area contributed by atoms with Gasteiger partial charge in [-0.3, -0.25) is 0 Å². The Labute approximate surface area is 818 Å². The summed E-state index contributed by atoms with van der Waals surface area (Å²) in [5.74, 6) is 22.1. The Kier molecular flexibility index (Phi) is 40.5. The molecule has 38 heteroatoms. The summed E-state index contributed by atoms with van der Waals surface area (Å²) in [4.78, 5) is 0. The molecule has 20 fully saturated rings. The maximum Gasteiger partial charge on any atom is 0.497 e. The third-order valence-corrected chi connectivity index (χ3v) is 47.2. The first-order valence-corrected chi connectivity index (χ1v) is 70.1. The van der Waals surface area contributed by atoms with Gasteiger partial charge >= 0.3 is 8.80 Å². The quantitative estimate of drug-likeness (QED) is 0.0300. The fourth-order valence-corrected chi connectivity index (χ4v) is 37.6. The predicted molar refractivity (Wildman–Crippen MR) is 516 cm³/mol. The van der Waals surface area contributed by atoms with Crippen molar-refractivity contribution in [2.75, 3.05) is 48.0 Å². The smallest absolute Gasteiger partial charge is 0.497 e. The number of aliphatic hydroxyl groups is 5. The van der Waals surface area contributed by atoms with E-state index in [9.17, 15) is 91.4 Å². The van der Waals surface area contributed by atoms with E-state index >= 15 is 0 Å². The van der Waals surface area contributed by atoms with Crippen LogP contribution in [0.15, 0.2) is 30.3 Å². The van der Waals surface area contributed by atoms with Crippen molar-refractivity contribution in [3.8, 4) is 0 Å². The molecule has 1 aromatic rings. The van der Waals surface area contributed by atoms with Crippen LogP contribution in [0.1, 0.15) is 213 Å². The molecule has 0 aliphatic heterocycles. The third-order valence-electron chi connectivity index (χ3n) is 38.3. The van der Waals surface area contributed by atoms with Crippen LogP contribution in [0.4, 0.5) is 65.9 Å². The fraction of sp³-hybridized carbons (Fsp3) is 0.892. The van der Waals surface area contributed by atoms with E-state index in [4.69, 9.17) is 46.5 Å². The Bertz CT molecular complexity index is 3430. The maximum absolute atomic E-state index is 12.5. The van der Waals surface area contributed by atoms with Crippen LogP contribution in [0.3, 0.4) is 0 Å². The molecule has 10 nitrogen and oxygen atoms in total. The maximum atomic E-state index is 12.5. The van der Waals surface area contributed by atoms with E-state index < -0.39 is 101 Å². The molecular weight excluding hydrogens is 3250 g/mol. The van der Waals surface area contributed by atoms with Gasteiger partial charge in [-0.15, -0.1) is 54.3 Å². The molecule has 20 aliphatic carbocycles. The Hall–Kier alpha value is -5.28. The average molecular weight is 3410 g/mol. The van der Waals surface area contributed by atoms with Crippen LogP contribution in [0.2, 0.25) is 72.0 Å². The molecule has 35 unspecified atom stereocenters. The van der Waals surface area contributed by atoms with Gasteiger partial charge < -0.3 is 47.9 Å². The first-order chi connectivity index (χ1) is 62.4. The van der Waals surface area contributed by atoms with Gasteiger partial charge in [0.05, 0.1) is 8.07 Å². The van der Waals surface area contributed by atoms with Crippen molar-refractivity contribution in [1.82, 2.24) is 9.13 Å². The first kappa shape index (κ1) is 122. The number of aliphatic hydroxyl groups excluding tert-OH is 5. The minimum Gasteiger partial charge on any atom is -0.554 e. The number of rotatable bonds is 19. The summed E-state index contributed by atoms with van der Waals surface area (Å²) in [7, 11) is 2.97. The van der Waals surface area contributed by atoms with Crippen molar-refractivity contribution >= 4 is 77.8 Å². The van der Waals surface area contributed by atoms with Crippen molar-refractivity contribution in [2.45, 2.75) is 316 Å². The molecule has 0 aromatic heterocycles. The topological polar surface area (TPSA) is 135 Å². The van der Waals surface area contributed by atoms with Crippen LogP contribution in [0, 0.1) is 238 Å². The second kappa shape index (κ2) is 46.6. The molecular formula is C102H165Cl3F15N2O8Rf5Si5-5.